The third kappa shape index (κ3) is 5.17. The second-order valence-corrected chi connectivity index (χ2v) is 7.59. The number of nitro benzene ring substituents is 1. The summed E-state index contributed by atoms with van der Waals surface area (Å²) in [6.45, 7) is 0.158. The van der Waals surface area contributed by atoms with Gasteiger partial charge >= 0.3 is 11.7 Å². The molecule has 1 aliphatic rings. The molecule has 1 saturated heterocycles. The summed E-state index contributed by atoms with van der Waals surface area (Å²) in [5, 5.41) is 14.9. The normalized spacial score (nSPS) is 16.0. The van der Waals surface area contributed by atoms with Crippen molar-refractivity contribution >= 4 is 40.5 Å². The average molecular weight is 435 g/mol. The van der Waals surface area contributed by atoms with Gasteiger partial charge in [-0.25, -0.2) is 0 Å². The molecule has 1 unspecified atom stereocenters. The van der Waals surface area contributed by atoms with Crippen LogP contribution in [0.2, 0.25) is 0 Å². The monoisotopic (exact) mass is 435 g/mol. The lowest BCUT2D eigenvalue weighted by molar-refractivity contribution is -0.387. The van der Waals surface area contributed by atoms with Gasteiger partial charge in [-0.1, -0.05) is 6.07 Å². The molecule has 0 radical (unpaired) electrons. The first-order valence-corrected chi connectivity index (χ1v) is 9.96. The fraction of sp³-hybridized carbons (Fsp3) is 0.316. The molecule has 9 nitrogen and oxygen atoms in total. The van der Waals surface area contributed by atoms with Gasteiger partial charge in [0.15, 0.2) is 6.61 Å². The number of likely N-dealkylation sites (tertiary alicyclic amines) is 1. The Labute approximate surface area is 174 Å². The zero-order chi connectivity index (χ0) is 21.7. The number of ether oxygens (including phenoxy) is 1. The minimum absolute atomic E-state index is 0.00883. The minimum atomic E-state index is -1.02. The van der Waals surface area contributed by atoms with E-state index in [0.717, 1.165) is 18.2 Å². The number of piperidine rings is 1. The molecule has 2 amide bonds. The molecule has 3 rings (SSSR count). The molecule has 1 aromatic heterocycles. The van der Waals surface area contributed by atoms with Crippen LogP contribution in [0.5, 0.6) is 0 Å². The van der Waals surface area contributed by atoms with E-state index in [2.05, 4.69) is 5.32 Å². The molecular weight excluding hydrogens is 417 g/mol. The van der Waals surface area contributed by atoms with Crippen molar-refractivity contribution in [3.05, 3.63) is 56.5 Å². The Morgan fingerprint density at radius 1 is 1.33 bits per heavy atom. The number of nitro groups is 1. The van der Waals surface area contributed by atoms with Crippen LogP contribution in [0.1, 0.15) is 22.5 Å². The zero-order valence-electron chi connectivity index (χ0n) is 15.7. The molecule has 0 spiro atoms. The molecule has 1 atom stereocenters. The number of amides is 2. The number of hydrogen-bond donors (Lipinski definition) is 1. The Morgan fingerprint density at radius 2 is 2.13 bits per heavy atom. The summed E-state index contributed by atoms with van der Waals surface area (Å²) in [4.78, 5) is 48.8. The Kier molecular flexibility index (Phi) is 6.72. The molecule has 1 fully saturated rings. The summed E-state index contributed by atoms with van der Waals surface area (Å²) < 4.78 is 18.4. The van der Waals surface area contributed by atoms with E-state index in [1.165, 1.54) is 11.3 Å². The van der Waals surface area contributed by atoms with Gasteiger partial charge in [-0.2, -0.15) is 4.39 Å². The highest BCUT2D eigenvalue weighted by atomic mass is 32.1. The predicted octanol–water partition coefficient (Wildman–Crippen LogP) is 2.83. The number of nitrogens with zero attached hydrogens (tertiary/aromatic N) is 2. The van der Waals surface area contributed by atoms with E-state index in [-0.39, 0.29) is 18.1 Å². The first kappa shape index (κ1) is 21.4. The van der Waals surface area contributed by atoms with Gasteiger partial charge in [0.2, 0.25) is 5.82 Å². The Balaban J connectivity index is 1.51. The molecule has 2 heterocycles. The molecule has 1 aromatic carbocycles. The second-order valence-electron chi connectivity index (χ2n) is 6.65. The number of carbonyl (C=O) groups is 3. The molecule has 0 aliphatic carbocycles. The van der Waals surface area contributed by atoms with Gasteiger partial charge in [0.25, 0.3) is 11.8 Å². The standard InChI is InChI=1S/C19H18FN3O6S/c20-14-6-5-13(9-15(14)23(27)28)21-17(24)11-29-19(26)12-3-1-7-22(10-12)18(25)16-4-2-8-30-16/h2,4-6,8-9,12H,1,3,7,10-11H2,(H,21,24). The van der Waals surface area contributed by atoms with Crippen molar-refractivity contribution in [1.29, 1.82) is 0 Å². The van der Waals surface area contributed by atoms with E-state index in [1.807, 2.05) is 0 Å². The number of carbonyl (C=O) groups excluding carboxylic acids is 3. The smallest absolute Gasteiger partial charge is 0.311 e. The lowest BCUT2D eigenvalue weighted by Gasteiger charge is -2.31. The van der Waals surface area contributed by atoms with Crippen LogP contribution in [-0.4, -0.2) is 47.3 Å². The van der Waals surface area contributed by atoms with Crippen LogP contribution >= 0.6 is 11.3 Å². The van der Waals surface area contributed by atoms with Gasteiger partial charge in [0.1, 0.15) is 0 Å². The zero-order valence-corrected chi connectivity index (χ0v) is 16.5. The number of hydrogen-bond acceptors (Lipinski definition) is 7. The van der Waals surface area contributed by atoms with Crippen LogP contribution in [0, 0.1) is 21.8 Å². The largest absolute Gasteiger partial charge is 0.455 e. The highest BCUT2D eigenvalue weighted by Crippen LogP contribution is 2.23. The Hall–Kier alpha value is -3.34. The first-order chi connectivity index (χ1) is 14.3. The average Bonchev–Trinajstić information content (AvgIpc) is 3.27. The molecular formula is C19H18FN3O6S. The van der Waals surface area contributed by atoms with Gasteiger partial charge in [-0.15, -0.1) is 11.3 Å². The van der Waals surface area contributed by atoms with Crippen molar-refractivity contribution in [3.63, 3.8) is 0 Å². The number of thiophene rings is 1. The van der Waals surface area contributed by atoms with E-state index >= 15 is 0 Å². The van der Waals surface area contributed by atoms with Crippen molar-refractivity contribution in [2.24, 2.45) is 5.92 Å². The quantitative estimate of drug-likeness (QED) is 0.423. The van der Waals surface area contributed by atoms with E-state index in [0.29, 0.717) is 24.3 Å². The SMILES string of the molecule is O=C(COC(=O)C1CCCN(C(=O)c2cccs2)C1)Nc1ccc(F)c([N+](=O)[O-])c1. The van der Waals surface area contributed by atoms with Crippen molar-refractivity contribution in [2.45, 2.75) is 12.8 Å². The van der Waals surface area contributed by atoms with Crippen LogP contribution in [0.4, 0.5) is 15.8 Å². The highest BCUT2D eigenvalue weighted by Gasteiger charge is 2.30. The fourth-order valence-electron chi connectivity index (χ4n) is 3.09. The number of rotatable bonds is 6. The maximum atomic E-state index is 13.3. The molecule has 11 heteroatoms. The summed E-state index contributed by atoms with van der Waals surface area (Å²) in [7, 11) is 0. The molecule has 1 aliphatic heterocycles. The first-order valence-electron chi connectivity index (χ1n) is 9.08. The lowest BCUT2D eigenvalue weighted by Crippen LogP contribution is -2.43. The van der Waals surface area contributed by atoms with Gasteiger partial charge in [0, 0.05) is 24.8 Å². The highest BCUT2D eigenvalue weighted by molar-refractivity contribution is 7.12. The van der Waals surface area contributed by atoms with E-state index in [9.17, 15) is 28.9 Å². The van der Waals surface area contributed by atoms with Gasteiger partial charge in [0.05, 0.1) is 15.7 Å². The summed E-state index contributed by atoms with van der Waals surface area (Å²) in [6.07, 6.45) is 1.18. The molecule has 0 bridgehead atoms. The molecule has 1 N–H and O–H groups in total. The van der Waals surface area contributed by atoms with E-state index in [4.69, 9.17) is 4.74 Å². The molecule has 0 saturated carbocycles. The molecule has 158 valence electrons. The topological polar surface area (TPSA) is 119 Å². The third-order valence-corrected chi connectivity index (χ3v) is 5.40. The van der Waals surface area contributed by atoms with Gasteiger partial charge < -0.3 is 15.0 Å². The van der Waals surface area contributed by atoms with Crippen molar-refractivity contribution in [3.8, 4) is 0 Å². The third-order valence-electron chi connectivity index (χ3n) is 4.55. The predicted molar refractivity (Wildman–Crippen MR) is 106 cm³/mol. The van der Waals surface area contributed by atoms with Crippen LogP contribution in [0.25, 0.3) is 0 Å². The Morgan fingerprint density at radius 3 is 2.83 bits per heavy atom. The maximum Gasteiger partial charge on any atom is 0.311 e. The lowest BCUT2D eigenvalue weighted by atomic mass is 9.98. The van der Waals surface area contributed by atoms with Crippen LogP contribution in [-0.2, 0) is 14.3 Å². The summed E-state index contributed by atoms with van der Waals surface area (Å²) in [6, 6.07) is 6.41. The van der Waals surface area contributed by atoms with Gasteiger partial charge in [-0.3, -0.25) is 24.5 Å². The summed E-state index contributed by atoms with van der Waals surface area (Å²) in [5.41, 5.74) is -0.767. The summed E-state index contributed by atoms with van der Waals surface area (Å²) in [5.74, 6) is -3.02. The maximum absolute atomic E-state index is 13.3. The minimum Gasteiger partial charge on any atom is -0.455 e. The van der Waals surface area contributed by atoms with Crippen molar-refractivity contribution in [2.75, 3.05) is 25.0 Å². The number of nitrogens with one attached hydrogen (secondary N) is 1. The molecule has 2 aromatic rings. The van der Waals surface area contributed by atoms with Crippen LogP contribution in [0.3, 0.4) is 0 Å². The van der Waals surface area contributed by atoms with E-state index in [1.54, 1.807) is 22.4 Å². The second kappa shape index (κ2) is 9.44. The van der Waals surface area contributed by atoms with Crippen LogP contribution in [0.15, 0.2) is 35.7 Å². The van der Waals surface area contributed by atoms with Gasteiger partial charge in [-0.05, 0) is 36.4 Å². The van der Waals surface area contributed by atoms with E-state index < -0.39 is 40.8 Å². The number of esters is 1. The Bertz CT molecular complexity index is 965. The summed E-state index contributed by atoms with van der Waals surface area (Å²) >= 11 is 1.33. The number of anilines is 1. The molecule has 30 heavy (non-hydrogen) atoms. The number of halogens is 1. The van der Waals surface area contributed by atoms with Crippen molar-refractivity contribution in [1.82, 2.24) is 4.90 Å². The fourth-order valence-corrected chi connectivity index (χ4v) is 3.78. The van der Waals surface area contributed by atoms with Crippen LogP contribution < -0.4 is 5.32 Å². The number of benzene rings is 1. The van der Waals surface area contributed by atoms with Crippen molar-refractivity contribution < 1.29 is 28.4 Å².